The third-order valence-corrected chi connectivity index (χ3v) is 5.93. The summed E-state index contributed by atoms with van der Waals surface area (Å²) in [5.74, 6) is -0.151. The van der Waals surface area contributed by atoms with Crippen molar-refractivity contribution in [2.45, 2.75) is 38.1 Å². The predicted molar refractivity (Wildman–Crippen MR) is 114 cm³/mol. The van der Waals surface area contributed by atoms with Crippen molar-refractivity contribution in [2.75, 3.05) is 19.7 Å². The number of halogens is 1. The molecule has 3 aromatic rings. The first-order chi connectivity index (χ1) is 14.7. The Morgan fingerprint density at radius 2 is 2.07 bits per heavy atom. The summed E-state index contributed by atoms with van der Waals surface area (Å²) in [5, 5.41) is 4.39. The molecule has 1 amide bonds. The van der Waals surface area contributed by atoms with Crippen LogP contribution in [0.4, 0.5) is 4.39 Å². The van der Waals surface area contributed by atoms with E-state index >= 15 is 0 Å². The van der Waals surface area contributed by atoms with Gasteiger partial charge in [0, 0.05) is 49.3 Å². The molecule has 1 saturated carbocycles. The fourth-order valence-electron chi connectivity index (χ4n) is 4.28. The lowest BCUT2D eigenvalue weighted by atomic mass is 10.1. The predicted octanol–water partition coefficient (Wildman–Crippen LogP) is 3.31. The maximum Gasteiger partial charge on any atom is 0.253 e. The van der Waals surface area contributed by atoms with Crippen LogP contribution >= 0.6 is 0 Å². The lowest BCUT2D eigenvalue weighted by molar-refractivity contribution is -0.146. The zero-order valence-corrected chi connectivity index (χ0v) is 16.9. The Morgan fingerprint density at radius 1 is 1.20 bits per heavy atom. The molecule has 1 saturated heterocycles. The number of carbonyl (C=O) groups is 1. The van der Waals surface area contributed by atoms with Crippen LogP contribution in [0.15, 0.2) is 54.7 Å². The Hall–Kier alpha value is -2.70. The van der Waals surface area contributed by atoms with E-state index in [4.69, 9.17) is 4.74 Å². The molecule has 5 rings (SSSR count). The van der Waals surface area contributed by atoms with E-state index in [0.717, 1.165) is 41.4 Å². The topological polar surface area (TPSA) is 46.5 Å². The first kappa shape index (κ1) is 19.3. The third-order valence-electron chi connectivity index (χ3n) is 5.93. The molecular formula is C24H26FN3O2. The Balaban J connectivity index is 1.44. The summed E-state index contributed by atoms with van der Waals surface area (Å²) in [6.07, 6.45) is 3.81. The van der Waals surface area contributed by atoms with E-state index in [0.29, 0.717) is 32.3 Å². The van der Waals surface area contributed by atoms with E-state index in [1.807, 2.05) is 23.1 Å². The minimum Gasteiger partial charge on any atom is -0.366 e. The summed E-state index contributed by atoms with van der Waals surface area (Å²) in [6.45, 7) is 3.09. The van der Waals surface area contributed by atoms with E-state index in [1.165, 1.54) is 6.07 Å². The van der Waals surface area contributed by atoms with Crippen LogP contribution in [0.25, 0.3) is 10.9 Å². The van der Waals surface area contributed by atoms with Gasteiger partial charge in [0.05, 0.1) is 6.61 Å². The number of ether oxygens (including phenoxy) is 1. The Labute approximate surface area is 175 Å². The number of amides is 1. The smallest absolute Gasteiger partial charge is 0.253 e. The molecule has 156 valence electrons. The quantitative estimate of drug-likeness (QED) is 0.682. The zero-order valence-electron chi connectivity index (χ0n) is 16.9. The molecule has 1 N–H and O–H groups in total. The number of hydrogen-bond acceptors (Lipinski definition) is 3. The van der Waals surface area contributed by atoms with Gasteiger partial charge in [0.1, 0.15) is 11.9 Å². The van der Waals surface area contributed by atoms with Crippen LogP contribution in [-0.4, -0.2) is 47.2 Å². The van der Waals surface area contributed by atoms with Crippen LogP contribution in [0, 0.1) is 5.82 Å². The third kappa shape index (κ3) is 3.98. The van der Waals surface area contributed by atoms with Crippen LogP contribution in [0.2, 0.25) is 0 Å². The summed E-state index contributed by atoms with van der Waals surface area (Å²) in [4.78, 5) is 15.2. The monoisotopic (exact) mass is 407 g/mol. The largest absolute Gasteiger partial charge is 0.366 e. The summed E-state index contributed by atoms with van der Waals surface area (Å²) < 4.78 is 21.5. The van der Waals surface area contributed by atoms with Gasteiger partial charge in [-0.2, -0.15) is 0 Å². The van der Waals surface area contributed by atoms with Gasteiger partial charge >= 0.3 is 0 Å². The average molecular weight is 407 g/mol. The summed E-state index contributed by atoms with van der Waals surface area (Å²) >= 11 is 0. The van der Waals surface area contributed by atoms with E-state index in [-0.39, 0.29) is 11.7 Å². The van der Waals surface area contributed by atoms with E-state index in [9.17, 15) is 9.18 Å². The van der Waals surface area contributed by atoms with Gasteiger partial charge in [-0.05, 0) is 42.2 Å². The van der Waals surface area contributed by atoms with Gasteiger partial charge in [0.2, 0.25) is 0 Å². The van der Waals surface area contributed by atoms with Crippen molar-refractivity contribution >= 4 is 16.8 Å². The first-order valence-electron chi connectivity index (χ1n) is 10.6. The number of nitrogens with one attached hydrogen (secondary N) is 1. The van der Waals surface area contributed by atoms with Crippen molar-refractivity contribution in [3.63, 3.8) is 0 Å². The summed E-state index contributed by atoms with van der Waals surface area (Å²) in [6, 6.07) is 15.2. The molecule has 6 heteroatoms. The number of morpholine rings is 1. The molecule has 0 spiro atoms. The van der Waals surface area contributed by atoms with Gasteiger partial charge in [-0.3, -0.25) is 4.79 Å². The van der Waals surface area contributed by atoms with Crippen molar-refractivity contribution in [1.82, 2.24) is 14.8 Å². The molecule has 1 aromatic heterocycles. The van der Waals surface area contributed by atoms with Crippen molar-refractivity contribution < 1.29 is 13.9 Å². The molecule has 2 fully saturated rings. The number of aromatic nitrogens is 1. The molecule has 2 aliphatic rings. The highest BCUT2D eigenvalue weighted by molar-refractivity contribution is 5.86. The van der Waals surface area contributed by atoms with Gasteiger partial charge in [-0.25, -0.2) is 4.39 Å². The van der Waals surface area contributed by atoms with E-state index in [2.05, 4.69) is 28.2 Å². The zero-order chi connectivity index (χ0) is 20.5. The SMILES string of the molecule is O=C(C1CNCCO1)N(Cc1cn(Cc2cccc(F)c2)c2ccccc12)C1CC1. The second-order valence-corrected chi connectivity index (χ2v) is 8.19. The van der Waals surface area contributed by atoms with E-state index < -0.39 is 6.10 Å². The lowest BCUT2D eigenvalue weighted by Crippen LogP contribution is -2.49. The Kier molecular flexibility index (Phi) is 5.27. The Bertz CT molecular complexity index is 1050. The normalized spacial score (nSPS) is 19.2. The maximum absolute atomic E-state index is 13.7. The number of carbonyl (C=O) groups excluding carboxylic acids is 1. The Morgan fingerprint density at radius 3 is 2.83 bits per heavy atom. The van der Waals surface area contributed by atoms with Gasteiger partial charge in [0.25, 0.3) is 5.91 Å². The molecule has 1 unspecified atom stereocenters. The molecule has 1 aliphatic carbocycles. The molecule has 0 bridgehead atoms. The molecule has 2 heterocycles. The highest BCUT2D eigenvalue weighted by Gasteiger charge is 2.37. The minimum absolute atomic E-state index is 0.0756. The van der Waals surface area contributed by atoms with Crippen molar-refractivity contribution in [3.05, 3.63) is 71.7 Å². The van der Waals surface area contributed by atoms with Gasteiger partial charge in [-0.15, -0.1) is 0 Å². The number of fused-ring (bicyclic) bond motifs is 1. The average Bonchev–Trinajstić information content (AvgIpc) is 3.56. The maximum atomic E-state index is 13.7. The van der Waals surface area contributed by atoms with Crippen LogP contribution in [0.3, 0.4) is 0 Å². The number of benzene rings is 2. The summed E-state index contributed by atoms with van der Waals surface area (Å²) in [7, 11) is 0. The van der Waals surface area contributed by atoms with Crippen LogP contribution in [-0.2, 0) is 22.6 Å². The fourth-order valence-corrected chi connectivity index (χ4v) is 4.28. The highest BCUT2D eigenvalue weighted by atomic mass is 19.1. The molecule has 5 nitrogen and oxygen atoms in total. The van der Waals surface area contributed by atoms with Crippen LogP contribution in [0.1, 0.15) is 24.0 Å². The van der Waals surface area contributed by atoms with Crippen molar-refractivity contribution in [2.24, 2.45) is 0 Å². The number of hydrogen-bond donors (Lipinski definition) is 1. The molecule has 30 heavy (non-hydrogen) atoms. The number of nitrogens with zero attached hydrogens (tertiary/aromatic N) is 2. The van der Waals surface area contributed by atoms with E-state index in [1.54, 1.807) is 12.1 Å². The molecule has 1 aliphatic heterocycles. The van der Waals surface area contributed by atoms with Gasteiger partial charge in [-0.1, -0.05) is 30.3 Å². The highest BCUT2D eigenvalue weighted by Crippen LogP contribution is 2.32. The fraction of sp³-hybridized carbons (Fsp3) is 0.375. The molecule has 2 aromatic carbocycles. The van der Waals surface area contributed by atoms with Gasteiger partial charge < -0.3 is 19.5 Å². The first-order valence-corrected chi connectivity index (χ1v) is 10.6. The number of rotatable bonds is 6. The van der Waals surface area contributed by atoms with Crippen molar-refractivity contribution in [1.29, 1.82) is 0 Å². The number of para-hydroxylation sites is 1. The van der Waals surface area contributed by atoms with Gasteiger partial charge in [0.15, 0.2) is 0 Å². The van der Waals surface area contributed by atoms with Crippen LogP contribution in [0.5, 0.6) is 0 Å². The minimum atomic E-state index is -0.403. The van der Waals surface area contributed by atoms with Crippen molar-refractivity contribution in [3.8, 4) is 0 Å². The second-order valence-electron chi connectivity index (χ2n) is 8.19. The lowest BCUT2D eigenvalue weighted by Gasteiger charge is -2.30. The molecule has 0 radical (unpaired) electrons. The standard InChI is InChI=1S/C24H26FN3O2/c25-19-5-3-4-17(12-19)14-27-15-18(21-6-1-2-7-22(21)27)16-28(20-8-9-20)24(29)23-13-26-10-11-30-23/h1-7,12,15,20,23,26H,8-11,13-14,16H2. The molecule has 1 atom stereocenters. The van der Waals surface area contributed by atoms with Crippen LogP contribution < -0.4 is 5.32 Å². The summed E-state index contributed by atoms with van der Waals surface area (Å²) in [5.41, 5.74) is 3.13. The molecular weight excluding hydrogens is 381 g/mol. The second kappa shape index (κ2) is 8.20.